The van der Waals surface area contributed by atoms with E-state index in [4.69, 9.17) is 0 Å². The van der Waals surface area contributed by atoms with Crippen LogP contribution in [-0.4, -0.2) is 13.1 Å². The molecule has 0 N–H and O–H groups in total. The summed E-state index contributed by atoms with van der Waals surface area (Å²) in [6.45, 7) is 1.94. The van der Waals surface area contributed by atoms with Gasteiger partial charge in [-0.2, -0.15) is 0 Å². The van der Waals surface area contributed by atoms with E-state index in [-0.39, 0.29) is 5.82 Å². The van der Waals surface area contributed by atoms with Crippen molar-refractivity contribution in [3.05, 3.63) is 28.5 Å². The van der Waals surface area contributed by atoms with Crippen LogP contribution in [0.15, 0.2) is 22.7 Å². The Morgan fingerprint density at radius 2 is 1.92 bits per heavy atom. The topological polar surface area (TPSA) is 3.24 Å². The number of hydrogen-bond acceptors (Lipinski definition) is 1. The van der Waals surface area contributed by atoms with Crippen LogP contribution in [-0.2, 0) is 0 Å². The highest BCUT2D eigenvalue weighted by atomic mass is 79.9. The normalized spacial score (nSPS) is 16.6. The van der Waals surface area contributed by atoms with Crippen LogP contribution in [0.3, 0.4) is 0 Å². The fourth-order valence-corrected chi connectivity index (χ4v) is 2.32. The Bertz CT molecular complexity index is 288. The molecule has 1 fully saturated rings. The molecule has 0 aromatic heterocycles. The molecule has 70 valence electrons. The molecule has 0 spiro atoms. The molecule has 1 nitrogen and oxygen atoms in total. The SMILES string of the molecule is Fc1cccc(Br)c1N1CCCC1. The first kappa shape index (κ1) is 9.00. The maximum absolute atomic E-state index is 13.4. The van der Waals surface area contributed by atoms with Crippen molar-refractivity contribution in [1.82, 2.24) is 0 Å². The zero-order valence-corrected chi connectivity index (χ0v) is 8.85. The van der Waals surface area contributed by atoms with E-state index >= 15 is 0 Å². The molecule has 1 saturated heterocycles. The van der Waals surface area contributed by atoms with Crippen LogP contribution >= 0.6 is 15.9 Å². The molecule has 1 aromatic carbocycles. The van der Waals surface area contributed by atoms with Gasteiger partial charge in [0, 0.05) is 17.6 Å². The number of para-hydroxylation sites is 1. The highest BCUT2D eigenvalue weighted by Gasteiger charge is 2.17. The van der Waals surface area contributed by atoms with E-state index in [0.717, 1.165) is 23.2 Å². The Labute approximate surface area is 85.7 Å². The van der Waals surface area contributed by atoms with Crippen LogP contribution in [0, 0.1) is 5.82 Å². The second kappa shape index (κ2) is 3.66. The predicted octanol–water partition coefficient (Wildman–Crippen LogP) is 3.19. The minimum atomic E-state index is -0.128. The van der Waals surface area contributed by atoms with Gasteiger partial charge in [-0.25, -0.2) is 4.39 Å². The minimum absolute atomic E-state index is 0.128. The van der Waals surface area contributed by atoms with Crippen LogP contribution < -0.4 is 4.90 Å². The molecule has 0 unspecified atom stereocenters. The van der Waals surface area contributed by atoms with Gasteiger partial charge >= 0.3 is 0 Å². The first-order valence-electron chi connectivity index (χ1n) is 4.48. The molecule has 1 heterocycles. The molecule has 2 rings (SSSR count). The summed E-state index contributed by atoms with van der Waals surface area (Å²) in [5, 5.41) is 0. The van der Waals surface area contributed by atoms with Crippen molar-refractivity contribution in [2.75, 3.05) is 18.0 Å². The summed E-state index contributed by atoms with van der Waals surface area (Å²) < 4.78 is 14.3. The van der Waals surface area contributed by atoms with E-state index in [0.29, 0.717) is 0 Å². The maximum atomic E-state index is 13.4. The number of hydrogen-bond donors (Lipinski definition) is 0. The van der Waals surface area contributed by atoms with E-state index < -0.39 is 0 Å². The van der Waals surface area contributed by atoms with E-state index in [2.05, 4.69) is 20.8 Å². The molecule has 0 aliphatic carbocycles. The van der Waals surface area contributed by atoms with Gasteiger partial charge in [-0.05, 0) is 40.9 Å². The molecule has 1 aliphatic heterocycles. The largest absolute Gasteiger partial charge is 0.368 e. The average Bonchev–Trinajstić information content (AvgIpc) is 2.57. The van der Waals surface area contributed by atoms with Crippen LogP contribution in [0.1, 0.15) is 12.8 Å². The zero-order chi connectivity index (χ0) is 9.26. The first-order chi connectivity index (χ1) is 6.29. The van der Waals surface area contributed by atoms with Crippen LogP contribution in [0.5, 0.6) is 0 Å². The van der Waals surface area contributed by atoms with Crippen LogP contribution in [0.2, 0.25) is 0 Å². The maximum Gasteiger partial charge on any atom is 0.147 e. The van der Waals surface area contributed by atoms with Crippen molar-refractivity contribution in [3.63, 3.8) is 0 Å². The first-order valence-corrected chi connectivity index (χ1v) is 5.27. The van der Waals surface area contributed by atoms with E-state index in [1.807, 2.05) is 6.07 Å². The van der Waals surface area contributed by atoms with Gasteiger partial charge in [0.15, 0.2) is 0 Å². The molecule has 13 heavy (non-hydrogen) atoms. The monoisotopic (exact) mass is 243 g/mol. The molecule has 0 atom stereocenters. The molecule has 0 bridgehead atoms. The Balaban J connectivity index is 2.37. The van der Waals surface area contributed by atoms with Crippen molar-refractivity contribution >= 4 is 21.6 Å². The van der Waals surface area contributed by atoms with Gasteiger partial charge in [-0.1, -0.05) is 6.07 Å². The summed E-state index contributed by atoms with van der Waals surface area (Å²) >= 11 is 3.38. The molecule has 3 heteroatoms. The van der Waals surface area contributed by atoms with Gasteiger partial charge in [0.2, 0.25) is 0 Å². The second-order valence-electron chi connectivity index (χ2n) is 3.26. The van der Waals surface area contributed by atoms with Gasteiger partial charge in [0.1, 0.15) is 5.82 Å². The third-order valence-corrected chi connectivity index (χ3v) is 3.00. The van der Waals surface area contributed by atoms with Gasteiger partial charge < -0.3 is 4.90 Å². The zero-order valence-electron chi connectivity index (χ0n) is 7.26. The lowest BCUT2D eigenvalue weighted by molar-refractivity contribution is 0.622. The fourth-order valence-electron chi connectivity index (χ4n) is 1.73. The van der Waals surface area contributed by atoms with E-state index in [1.54, 1.807) is 6.07 Å². The van der Waals surface area contributed by atoms with E-state index in [9.17, 15) is 4.39 Å². The molecule has 0 radical (unpaired) electrons. The molecule has 0 saturated carbocycles. The van der Waals surface area contributed by atoms with Gasteiger partial charge in [0.05, 0.1) is 5.69 Å². The van der Waals surface area contributed by atoms with Crippen molar-refractivity contribution in [2.45, 2.75) is 12.8 Å². The average molecular weight is 244 g/mol. The van der Waals surface area contributed by atoms with Gasteiger partial charge in [-0.15, -0.1) is 0 Å². The molecule has 1 aliphatic rings. The smallest absolute Gasteiger partial charge is 0.147 e. The summed E-state index contributed by atoms with van der Waals surface area (Å²) in [5.41, 5.74) is 0.722. The highest BCUT2D eigenvalue weighted by Crippen LogP contribution is 2.31. The van der Waals surface area contributed by atoms with Crippen molar-refractivity contribution in [2.24, 2.45) is 0 Å². The van der Waals surface area contributed by atoms with Crippen molar-refractivity contribution in [1.29, 1.82) is 0 Å². The molecule has 1 aromatic rings. The number of rotatable bonds is 1. The Hall–Kier alpha value is -0.570. The molecule has 0 amide bonds. The Morgan fingerprint density at radius 3 is 2.54 bits per heavy atom. The standard InChI is InChI=1S/C10H11BrFN/c11-8-4-3-5-9(12)10(8)13-6-1-2-7-13/h3-5H,1-2,6-7H2. The lowest BCUT2D eigenvalue weighted by Gasteiger charge is -2.19. The third kappa shape index (κ3) is 1.70. The van der Waals surface area contributed by atoms with E-state index in [1.165, 1.54) is 18.9 Å². The number of benzene rings is 1. The molecular formula is C10H11BrFN. The summed E-state index contributed by atoms with van der Waals surface area (Å²) in [7, 11) is 0. The number of anilines is 1. The lowest BCUT2D eigenvalue weighted by Crippen LogP contribution is -2.19. The summed E-state index contributed by atoms with van der Waals surface area (Å²) in [6, 6.07) is 5.12. The van der Waals surface area contributed by atoms with Gasteiger partial charge in [0.25, 0.3) is 0 Å². The number of nitrogens with zero attached hydrogens (tertiary/aromatic N) is 1. The van der Waals surface area contributed by atoms with Crippen LogP contribution in [0.25, 0.3) is 0 Å². The minimum Gasteiger partial charge on any atom is -0.368 e. The highest BCUT2D eigenvalue weighted by molar-refractivity contribution is 9.10. The fraction of sp³-hybridized carbons (Fsp3) is 0.400. The van der Waals surface area contributed by atoms with Crippen LogP contribution in [0.4, 0.5) is 10.1 Å². The van der Waals surface area contributed by atoms with Crippen molar-refractivity contribution < 1.29 is 4.39 Å². The summed E-state index contributed by atoms with van der Waals surface area (Å²) in [4.78, 5) is 2.10. The van der Waals surface area contributed by atoms with Gasteiger partial charge in [-0.3, -0.25) is 0 Å². The summed E-state index contributed by atoms with van der Waals surface area (Å²) in [6.07, 6.45) is 2.33. The molecular weight excluding hydrogens is 233 g/mol. The summed E-state index contributed by atoms with van der Waals surface area (Å²) in [5.74, 6) is -0.128. The lowest BCUT2D eigenvalue weighted by atomic mass is 10.3. The second-order valence-corrected chi connectivity index (χ2v) is 4.12. The van der Waals surface area contributed by atoms with Crippen molar-refractivity contribution in [3.8, 4) is 0 Å². The number of halogens is 2. The Kier molecular flexibility index (Phi) is 2.54. The Morgan fingerprint density at radius 1 is 1.23 bits per heavy atom. The third-order valence-electron chi connectivity index (χ3n) is 2.36. The quantitative estimate of drug-likeness (QED) is 0.733. The predicted molar refractivity (Wildman–Crippen MR) is 55.5 cm³/mol.